The van der Waals surface area contributed by atoms with E-state index in [1.54, 1.807) is 18.2 Å². The van der Waals surface area contributed by atoms with Gasteiger partial charge in [-0.3, -0.25) is 4.90 Å². The van der Waals surface area contributed by atoms with Crippen molar-refractivity contribution in [1.29, 1.82) is 0 Å². The second kappa shape index (κ2) is 6.64. The van der Waals surface area contributed by atoms with Gasteiger partial charge in [-0.25, -0.2) is 8.42 Å². The highest BCUT2D eigenvalue weighted by Gasteiger charge is 2.48. The van der Waals surface area contributed by atoms with E-state index in [1.165, 1.54) is 0 Å². The fourth-order valence-corrected chi connectivity index (χ4v) is 7.08. The van der Waals surface area contributed by atoms with Crippen LogP contribution in [-0.4, -0.2) is 67.7 Å². The van der Waals surface area contributed by atoms with E-state index in [-0.39, 0.29) is 17.0 Å². The Labute approximate surface area is 149 Å². The van der Waals surface area contributed by atoms with Crippen molar-refractivity contribution in [1.82, 2.24) is 14.4 Å². The second-order valence-corrected chi connectivity index (χ2v) is 9.40. The van der Waals surface area contributed by atoms with Crippen LogP contribution in [0.2, 0.25) is 0 Å². The first-order chi connectivity index (χ1) is 12.0. The van der Waals surface area contributed by atoms with Crippen LogP contribution in [0.3, 0.4) is 0 Å². The third-order valence-corrected chi connectivity index (χ3v) is 8.14. The smallest absolute Gasteiger partial charge is 0.248 e. The van der Waals surface area contributed by atoms with Gasteiger partial charge in [0.25, 0.3) is 0 Å². The summed E-state index contributed by atoms with van der Waals surface area (Å²) in [6, 6.07) is 0.229. The number of hydrogen-bond acceptors (Lipinski definition) is 6. The molecule has 0 aromatic carbocycles. The van der Waals surface area contributed by atoms with Crippen LogP contribution in [0.4, 0.5) is 0 Å². The second-order valence-electron chi connectivity index (χ2n) is 7.62. The number of nitrogens with zero attached hydrogens (tertiary/aromatic N) is 3. The molecule has 0 N–H and O–H groups in total. The van der Waals surface area contributed by atoms with Crippen molar-refractivity contribution >= 4 is 10.0 Å². The highest BCUT2D eigenvalue weighted by molar-refractivity contribution is 7.89. The summed E-state index contributed by atoms with van der Waals surface area (Å²) in [6.07, 6.45) is 3.84. The maximum atomic E-state index is 13.2. The first kappa shape index (κ1) is 17.5. The molecule has 3 aliphatic rings. The Bertz CT molecular complexity index is 693. The van der Waals surface area contributed by atoms with Gasteiger partial charge in [-0.1, -0.05) is 5.16 Å². The fraction of sp³-hybridized carbons (Fsp3) is 0.824. The van der Waals surface area contributed by atoms with E-state index in [0.29, 0.717) is 17.4 Å². The minimum Gasteiger partial charge on any atom is -0.379 e. The van der Waals surface area contributed by atoms with E-state index in [2.05, 4.69) is 10.1 Å². The number of hydrogen-bond donors (Lipinski definition) is 0. The summed E-state index contributed by atoms with van der Waals surface area (Å²) >= 11 is 0. The number of aryl methyl sites for hydroxylation is 2. The standard InChI is InChI=1S/C17H27N3O4S/c1-12-17(13(2)24-18-12)25(21,22)20-15-3-4-16(20)10-14(9-15)11-19-5-7-23-8-6-19/h14-16H,3-11H2,1-2H3/t14?,15-,16+. The normalized spacial score (nSPS) is 31.5. The lowest BCUT2D eigenvalue weighted by molar-refractivity contribution is 0.0235. The van der Waals surface area contributed by atoms with Crippen molar-refractivity contribution in [2.75, 3.05) is 32.8 Å². The van der Waals surface area contributed by atoms with Crippen molar-refractivity contribution in [3.8, 4) is 0 Å². The van der Waals surface area contributed by atoms with Crippen LogP contribution in [0.5, 0.6) is 0 Å². The molecule has 7 nitrogen and oxygen atoms in total. The molecule has 3 atom stereocenters. The monoisotopic (exact) mass is 369 g/mol. The van der Waals surface area contributed by atoms with E-state index in [4.69, 9.17) is 9.26 Å². The number of piperidine rings is 1. The first-order valence-corrected chi connectivity index (χ1v) is 10.7. The van der Waals surface area contributed by atoms with Crippen molar-refractivity contribution in [3.63, 3.8) is 0 Å². The molecule has 0 amide bonds. The molecule has 2 bridgehead atoms. The summed E-state index contributed by atoms with van der Waals surface area (Å²) < 4.78 is 38.8. The van der Waals surface area contributed by atoms with Crippen LogP contribution in [0.1, 0.15) is 37.1 Å². The zero-order valence-corrected chi connectivity index (χ0v) is 15.8. The van der Waals surface area contributed by atoms with E-state index in [9.17, 15) is 8.42 Å². The summed E-state index contributed by atoms with van der Waals surface area (Å²) in [5, 5.41) is 3.84. The number of ether oxygens (including phenoxy) is 1. The molecule has 3 fully saturated rings. The molecule has 8 heteroatoms. The first-order valence-electron chi connectivity index (χ1n) is 9.23. The van der Waals surface area contributed by atoms with Crippen molar-refractivity contribution in [2.24, 2.45) is 5.92 Å². The number of morpholine rings is 1. The summed E-state index contributed by atoms with van der Waals surface area (Å²) in [6.45, 7) is 8.06. The average molecular weight is 369 g/mol. The fourth-order valence-electron chi connectivity index (χ4n) is 4.89. The van der Waals surface area contributed by atoms with Gasteiger partial charge in [0.2, 0.25) is 10.0 Å². The quantitative estimate of drug-likeness (QED) is 0.802. The third-order valence-electron chi connectivity index (χ3n) is 5.89. The molecule has 0 spiro atoms. The Kier molecular flexibility index (Phi) is 4.64. The Balaban J connectivity index is 1.50. The van der Waals surface area contributed by atoms with Gasteiger partial charge in [0.05, 0.1) is 13.2 Å². The van der Waals surface area contributed by atoms with E-state index in [0.717, 1.165) is 58.5 Å². The summed E-state index contributed by atoms with van der Waals surface area (Å²) in [5.74, 6) is 0.971. The van der Waals surface area contributed by atoms with Crippen LogP contribution in [0.25, 0.3) is 0 Å². The molecule has 1 aromatic heterocycles. The summed E-state index contributed by atoms with van der Waals surface area (Å²) in [7, 11) is -3.53. The highest BCUT2D eigenvalue weighted by Crippen LogP contribution is 2.43. The van der Waals surface area contributed by atoms with Crippen LogP contribution in [0, 0.1) is 19.8 Å². The molecule has 0 radical (unpaired) electrons. The van der Waals surface area contributed by atoms with Crippen LogP contribution >= 0.6 is 0 Å². The molecule has 4 heterocycles. The molecule has 3 saturated heterocycles. The third kappa shape index (κ3) is 3.13. The molecule has 25 heavy (non-hydrogen) atoms. The average Bonchev–Trinajstić information content (AvgIpc) is 3.06. The largest absolute Gasteiger partial charge is 0.379 e. The predicted molar refractivity (Wildman–Crippen MR) is 91.8 cm³/mol. The zero-order valence-electron chi connectivity index (χ0n) is 15.0. The van der Waals surface area contributed by atoms with Gasteiger partial charge < -0.3 is 9.26 Å². The predicted octanol–water partition coefficient (Wildman–Crippen LogP) is 1.56. The van der Waals surface area contributed by atoms with Gasteiger partial charge in [-0.15, -0.1) is 0 Å². The van der Waals surface area contributed by atoms with Gasteiger partial charge in [-0.2, -0.15) is 4.31 Å². The van der Waals surface area contributed by atoms with Crippen molar-refractivity contribution in [3.05, 3.63) is 11.5 Å². The van der Waals surface area contributed by atoms with Gasteiger partial charge >= 0.3 is 0 Å². The minimum atomic E-state index is -3.53. The van der Waals surface area contributed by atoms with Gasteiger partial charge in [0.1, 0.15) is 10.6 Å². The van der Waals surface area contributed by atoms with Crippen LogP contribution < -0.4 is 0 Å². The lowest BCUT2D eigenvalue weighted by Gasteiger charge is -2.40. The zero-order chi connectivity index (χ0) is 17.6. The Hall–Kier alpha value is -0.960. The molecule has 0 aliphatic carbocycles. The van der Waals surface area contributed by atoms with E-state index in [1.807, 2.05) is 0 Å². The molecule has 4 rings (SSSR count). The molecule has 1 aromatic rings. The highest BCUT2D eigenvalue weighted by atomic mass is 32.2. The molecule has 1 unspecified atom stereocenters. The lowest BCUT2D eigenvalue weighted by Crippen LogP contribution is -2.49. The molecule has 140 valence electrons. The number of fused-ring (bicyclic) bond motifs is 2. The maximum absolute atomic E-state index is 13.2. The maximum Gasteiger partial charge on any atom is 0.248 e. The van der Waals surface area contributed by atoms with Gasteiger partial charge in [0, 0.05) is 31.7 Å². The van der Waals surface area contributed by atoms with Crippen molar-refractivity contribution in [2.45, 2.75) is 56.5 Å². The SMILES string of the molecule is Cc1noc(C)c1S(=O)(=O)N1[C@@H]2CC[C@H]1CC(CN1CCOCC1)C2. The number of rotatable bonds is 4. The molecular weight excluding hydrogens is 342 g/mol. The molecule has 0 saturated carbocycles. The van der Waals surface area contributed by atoms with E-state index < -0.39 is 10.0 Å². The van der Waals surface area contributed by atoms with Crippen LogP contribution in [-0.2, 0) is 14.8 Å². The molecule has 3 aliphatic heterocycles. The Morgan fingerprint density at radius 1 is 1.12 bits per heavy atom. The topological polar surface area (TPSA) is 75.9 Å². The summed E-state index contributed by atoms with van der Waals surface area (Å²) in [4.78, 5) is 2.74. The Morgan fingerprint density at radius 3 is 2.32 bits per heavy atom. The van der Waals surface area contributed by atoms with Gasteiger partial charge in [-0.05, 0) is 45.4 Å². The molecular formula is C17H27N3O4S. The van der Waals surface area contributed by atoms with E-state index >= 15 is 0 Å². The Morgan fingerprint density at radius 2 is 1.76 bits per heavy atom. The van der Waals surface area contributed by atoms with Crippen molar-refractivity contribution < 1.29 is 17.7 Å². The van der Waals surface area contributed by atoms with Crippen LogP contribution in [0.15, 0.2) is 9.42 Å². The number of sulfonamides is 1. The van der Waals surface area contributed by atoms with Gasteiger partial charge in [0.15, 0.2) is 5.76 Å². The summed E-state index contributed by atoms with van der Waals surface area (Å²) in [5.41, 5.74) is 0.465. The minimum absolute atomic E-state index is 0.114. The lowest BCUT2D eigenvalue weighted by atomic mass is 9.92. The number of aromatic nitrogens is 1.